The van der Waals surface area contributed by atoms with Crippen molar-refractivity contribution in [3.8, 4) is 5.75 Å². The minimum absolute atomic E-state index is 0.00249. The molecule has 2 rings (SSSR count). The average Bonchev–Trinajstić information content (AvgIpc) is 2.74. The van der Waals surface area contributed by atoms with Crippen LogP contribution in [-0.2, 0) is 16.1 Å². The van der Waals surface area contributed by atoms with E-state index < -0.39 is 6.04 Å². The number of nitrogens with one attached hydrogen (secondary N) is 1. The number of ether oxygens (including phenoxy) is 1. The van der Waals surface area contributed by atoms with Crippen LogP contribution in [-0.4, -0.2) is 35.4 Å². The zero-order valence-corrected chi connectivity index (χ0v) is 20.3. The number of aryl methyl sites for hydroxylation is 2. The first-order valence-electron chi connectivity index (χ1n) is 10.4. The first-order chi connectivity index (χ1) is 14.6. The fourth-order valence-corrected chi connectivity index (χ4v) is 3.28. The second-order valence-corrected chi connectivity index (χ2v) is 8.59. The van der Waals surface area contributed by atoms with Crippen molar-refractivity contribution in [3.63, 3.8) is 0 Å². The van der Waals surface area contributed by atoms with Crippen LogP contribution < -0.4 is 10.1 Å². The number of amides is 2. The van der Waals surface area contributed by atoms with Gasteiger partial charge in [0.05, 0.1) is 0 Å². The second kappa shape index (κ2) is 11.3. The van der Waals surface area contributed by atoms with Gasteiger partial charge < -0.3 is 15.0 Å². The van der Waals surface area contributed by atoms with Gasteiger partial charge >= 0.3 is 0 Å². The van der Waals surface area contributed by atoms with Gasteiger partial charge in [-0.05, 0) is 75.1 Å². The Morgan fingerprint density at radius 1 is 1.13 bits per heavy atom. The number of hydrogen-bond donors (Lipinski definition) is 1. The molecule has 0 saturated carbocycles. The van der Waals surface area contributed by atoms with E-state index in [1.807, 2.05) is 39.8 Å². The molecule has 0 bridgehead atoms. The van der Waals surface area contributed by atoms with Gasteiger partial charge in [-0.1, -0.05) is 35.0 Å². The number of rotatable bonds is 9. The van der Waals surface area contributed by atoms with Crippen LogP contribution in [0, 0.1) is 19.7 Å². The highest BCUT2D eigenvalue weighted by molar-refractivity contribution is 9.10. The minimum atomic E-state index is -0.705. The highest BCUT2D eigenvalue weighted by Crippen LogP contribution is 2.26. The summed E-state index contributed by atoms with van der Waals surface area (Å²) in [6, 6.07) is 8.90. The Hall–Kier alpha value is -2.41. The van der Waals surface area contributed by atoms with E-state index >= 15 is 0 Å². The third-order valence-electron chi connectivity index (χ3n) is 5.21. The molecule has 0 spiro atoms. The summed E-state index contributed by atoms with van der Waals surface area (Å²) in [4.78, 5) is 27.2. The monoisotopic (exact) mass is 492 g/mol. The van der Waals surface area contributed by atoms with Crippen molar-refractivity contribution in [2.24, 2.45) is 0 Å². The number of benzene rings is 2. The van der Waals surface area contributed by atoms with E-state index in [1.165, 1.54) is 17.0 Å². The van der Waals surface area contributed by atoms with Gasteiger partial charge in [0.2, 0.25) is 5.91 Å². The maximum absolute atomic E-state index is 13.3. The SMILES string of the molecule is CCC(C)NC(=O)C(C)N(Cc1ccc(F)cc1)C(=O)COc1cc(C)c(Br)c(C)c1. The van der Waals surface area contributed by atoms with Crippen LogP contribution in [0.2, 0.25) is 0 Å². The fraction of sp³-hybridized carbons (Fsp3) is 0.417. The Balaban J connectivity index is 2.18. The Kier molecular flexibility index (Phi) is 9.04. The first-order valence-corrected chi connectivity index (χ1v) is 11.2. The summed E-state index contributed by atoms with van der Waals surface area (Å²) < 4.78 is 20.0. The maximum Gasteiger partial charge on any atom is 0.261 e. The van der Waals surface area contributed by atoms with E-state index in [0.717, 1.165) is 27.6 Å². The molecule has 0 radical (unpaired) electrons. The number of hydrogen-bond acceptors (Lipinski definition) is 3. The minimum Gasteiger partial charge on any atom is -0.484 e. The van der Waals surface area contributed by atoms with Crippen LogP contribution in [0.25, 0.3) is 0 Å². The lowest BCUT2D eigenvalue weighted by Gasteiger charge is -2.29. The molecule has 168 valence electrons. The lowest BCUT2D eigenvalue weighted by atomic mass is 10.1. The lowest BCUT2D eigenvalue weighted by Crippen LogP contribution is -2.50. The molecule has 2 unspecified atom stereocenters. The molecule has 0 aliphatic heterocycles. The number of halogens is 2. The van der Waals surface area contributed by atoms with E-state index in [-0.39, 0.29) is 36.8 Å². The molecule has 0 aliphatic carbocycles. The molecule has 31 heavy (non-hydrogen) atoms. The molecule has 0 fully saturated rings. The molecule has 0 heterocycles. The quantitative estimate of drug-likeness (QED) is 0.540. The highest BCUT2D eigenvalue weighted by atomic mass is 79.9. The molecule has 0 aliphatic rings. The Morgan fingerprint density at radius 2 is 1.71 bits per heavy atom. The van der Waals surface area contributed by atoms with E-state index in [9.17, 15) is 14.0 Å². The summed E-state index contributed by atoms with van der Waals surface area (Å²) in [6.45, 7) is 9.46. The van der Waals surface area contributed by atoms with Gasteiger partial charge in [0.15, 0.2) is 6.61 Å². The van der Waals surface area contributed by atoms with Gasteiger partial charge in [0, 0.05) is 17.1 Å². The van der Waals surface area contributed by atoms with Crippen LogP contribution in [0.3, 0.4) is 0 Å². The molecule has 5 nitrogen and oxygen atoms in total. The van der Waals surface area contributed by atoms with E-state index in [0.29, 0.717) is 5.75 Å². The number of carbonyl (C=O) groups excluding carboxylic acids is 2. The lowest BCUT2D eigenvalue weighted by molar-refractivity contribution is -0.142. The van der Waals surface area contributed by atoms with Gasteiger partial charge in [-0.2, -0.15) is 0 Å². The molecule has 2 aromatic rings. The van der Waals surface area contributed by atoms with Crippen LogP contribution in [0.15, 0.2) is 40.9 Å². The summed E-state index contributed by atoms with van der Waals surface area (Å²) >= 11 is 3.52. The fourth-order valence-electron chi connectivity index (χ4n) is 3.05. The number of nitrogens with zero attached hydrogens (tertiary/aromatic N) is 1. The Labute approximate surface area is 192 Å². The Morgan fingerprint density at radius 3 is 2.26 bits per heavy atom. The van der Waals surface area contributed by atoms with Crippen molar-refractivity contribution in [1.29, 1.82) is 0 Å². The van der Waals surface area contributed by atoms with Gasteiger partial charge in [-0.25, -0.2) is 4.39 Å². The highest BCUT2D eigenvalue weighted by Gasteiger charge is 2.27. The molecule has 7 heteroatoms. The van der Waals surface area contributed by atoms with E-state index in [2.05, 4.69) is 21.2 Å². The summed E-state index contributed by atoms with van der Waals surface area (Å²) in [7, 11) is 0. The number of carbonyl (C=O) groups is 2. The second-order valence-electron chi connectivity index (χ2n) is 7.80. The summed E-state index contributed by atoms with van der Waals surface area (Å²) in [5, 5.41) is 2.92. The van der Waals surface area contributed by atoms with Crippen molar-refractivity contribution in [2.75, 3.05) is 6.61 Å². The summed E-state index contributed by atoms with van der Waals surface area (Å²) in [5.74, 6) is -0.326. The summed E-state index contributed by atoms with van der Waals surface area (Å²) in [6.07, 6.45) is 0.787. The van der Waals surface area contributed by atoms with Crippen LogP contribution in [0.5, 0.6) is 5.75 Å². The largest absolute Gasteiger partial charge is 0.484 e. The molecule has 0 aromatic heterocycles. The average molecular weight is 493 g/mol. The van der Waals surface area contributed by atoms with Gasteiger partial charge in [0.25, 0.3) is 5.91 Å². The summed E-state index contributed by atoms with van der Waals surface area (Å²) in [5.41, 5.74) is 2.74. The van der Waals surface area contributed by atoms with Gasteiger partial charge in [-0.3, -0.25) is 9.59 Å². The topological polar surface area (TPSA) is 58.6 Å². The zero-order chi connectivity index (χ0) is 23.1. The van der Waals surface area contributed by atoms with E-state index in [1.54, 1.807) is 19.1 Å². The van der Waals surface area contributed by atoms with Crippen LogP contribution in [0.4, 0.5) is 4.39 Å². The normalized spacial score (nSPS) is 12.7. The van der Waals surface area contributed by atoms with Gasteiger partial charge in [0.1, 0.15) is 17.6 Å². The third kappa shape index (κ3) is 7.06. The molecule has 1 N–H and O–H groups in total. The van der Waals surface area contributed by atoms with Crippen molar-refractivity contribution in [3.05, 3.63) is 63.4 Å². The molecule has 0 saturated heterocycles. The van der Waals surface area contributed by atoms with Crippen molar-refractivity contribution in [2.45, 2.75) is 59.7 Å². The Bertz CT molecular complexity index is 895. The van der Waals surface area contributed by atoms with Crippen molar-refractivity contribution in [1.82, 2.24) is 10.2 Å². The molecule has 2 amide bonds. The third-order valence-corrected chi connectivity index (χ3v) is 6.46. The first kappa shape index (κ1) is 24.9. The van der Waals surface area contributed by atoms with Gasteiger partial charge in [-0.15, -0.1) is 0 Å². The molecular weight excluding hydrogens is 463 g/mol. The smallest absolute Gasteiger partial charge is 0.261 e. The van der Waals surface area contributed by atoms with Crippen LogP contribution >= 0.6 is 15.9 Å². The maximum atomic E-state index is 13.3. The van der Waals surface area contributed by atoms with Crippen molar-refractivity contribution < 1.29 is 18.7 Å². The molecule has 2 aromatic carbocycles. The zero-order valence-electron chi connectivity index (χ0n) is 18.7. The molecular formula is C24H30BrFN2O3. The van der Waals surface area contributed by atoms with Crippen molar-refractivity contribution >= 4 is 27.7 Å². The predicted octanol–water partition coefficient (Wildman–Crippen LogP) is 4.92. The standard InChI is InChI=1S/C24H30BrFN2O3/c1-6-17(4)27-24(30)18(5)28(13-19-7-9-20(26)10-8-19)22(29)14-31-21-11-15(2)23(25)16(3)12-21/h7-12,17-18H,6,13-14H2,1-5H3,(H,27,30). The molecule has 2 atom stereocenters. The van der Waals surface area contributed by atoms with E-state index in [4.69, 9.17) is 4.74 Å². The van der Waals surface area contributed by atoms with Crippen LogP contribution in [0.1, 0.15) is 43.9 Å². The predicted molar refractivity (Wildman–Crippen MR) is 123 cm³/mol.